The monoisotopic (exact) mass is 330 g/mol. The van der Waals surface area contributed by atoms with Gasteiger partial charge in [0, 0.05) is 6.26 Å². The minimum absolute atomic E-state index is 0.107. The van der Waals surface area contributed by atoms with Crippen LogP contribution in [-0.4, -0.2) is 27.8 Å². The van der Waals surface area contributed by atoms with Crippen LogP contribution in [0.15, 0.2) is 47.4 Å². The molecule has 0 amide bonds. The van der Waals surface area contributed by atoms with Crippen molar-refractivity contribution in [1.29, 1.82) is 0 Å². The summed E-state index contributed by atoms with van der Waals surface area (Å²) in [4.78, 5) is 11.9. The van der Waals surface area contributed by atoms with Crippen LogP contribution in [-0.2, 0) is 14.6 Å². The molecule has 0 unspecified atom stereocenters. The molecule has 0 saturated carbocycles. The van der Waals surface area contributed by atoms with Gasteiger partial charge in [-0.3, -0.25) is 0 Å². The van der Waals surface area contributed by atoms with Gasteiger partial charge in [0.25, 0.3) is 0 Å². The van der Waals surface area contributed by atoms with Gasteiger partial charge in [-0.25, -0.2) is 13.2 Å². The summed E-state index contributed by atoms with van der Waals surface area (Å²) in [5, 5.41) is 0. The van der Waals surface area contributed by atoms with Gasteiger partial charge < -0.3 is 4.74 Å². The lowest BCUT2D eigenvalue weighted by Gasteiger charge is -2.10. The number of carbonyl (C=O) groups excluding carboxylic acids is 1. The Bertz CT molecular complexity index is 850. The van der Waals surface area contributed by atoms with E-state index in [2.05, 4.69) is 0 Å². The van der Waals surface area contributed by atoms with Crippen LogP contribution in [0.4, 0.5) is 0 Å². The minimum Gasteiger partial charge on any atom is -0.465 e. The molecule has 0 bridgehead atoms. The van der Waals surface area contributed by atoms with Crippen molar-refractivity contribution in [2.24, 2.45) is 0 Å². The largest absolute Gasteiger partial charge is 0.465 e. The van der Waals surface area contributed by atoms with Gasteiger partial charge in [-0.1, -0.05) is 42.5 Å². The lowest BCUT2D eigenvalue weighted by molar-refractivity contribution is 0.0599. The van der Waals surface area contributed by atoms with Crippen LogP contribution in [0, 0.1) is 6.92 Å². The third-order valence-electron chi connectivity index (χ3n) is 3.42. The Balaban J connectivity index is 2.57. The summed E-state index contributed by atoms with van der Waals surface area (Å²) in [6, 6.07) is 12.6. The number of ether oxygens (including phenoxy) is 1. The maximum atomic E-state index is 12.1. The molecule has 0 radical (unpaired) electrons. The molecule has 2 rings (SSSR count). The summed E-state index contributed by atoms with van der Waals surface area (Å²) >= 11 is 0. The second kappa shape index (κ2) is 6.79. The third-order valence-corrected chi connectivity index (χ3v) is 4.57. The number of aryl methyl sites for hydroxylation is 1. The average molecular weight is 330 g/mol. The highest BCUT2D eigenvalue weighted by atomic mass is 32.2. The van der Waals surface area contributed by atoms with Crippen LogP contribution in [0.5, 0.6) is 0 Å². The molecule has 2 aromatic carbocycles. The van der Waals surface area contributed by atoms with Crippen molar-refractivity contribution in [2.75, 3.05) is 13.4 Å². The first-order chi connectivity index (χ1) is 10.8. The van der Waals surface area contributed by atoms with Gasteiger partial charge in [-0.2, -0.15) is 0 Å². The van der Waals surface area contributed by atoms with Gasteiger partial charge in [-0.15, -0.1) is 0 Å². The van der Waals surface area contributed by atoms with Crippen molar-refractivity contribution in [1.82, 2.24) is 0 Å². The number of hydrogen-bond acceptors (Lipinski definition) is 4. The van der Waals surface area contributed by atoms with E-state index in [9.17, 15) is 13.2 Å². The topological polar surface area (TPSA) is 60.4 Å². The summed E-state index contributed by atoms with van der Waals surface area (Å²) in [7, 11) is -2.21. The molecule has 0 aliphatic heterocycles. The van der Waals surface area contributed by atoms with Crippen molar-refractivity contribution in [2.45, 2.75) is 11.8 Å². The van der Waals surface area contributed by atoms with E-state index >= 15 is 0 Å². The number of sulfone groups is 1. The number of methoxy groups -OCH3 is 1. The van der Waals surface area contributed by atoms with Crippen LogP contribution in [0.3, 0.4) is 0 Å². The molecule has 4 nitrogen and oxygen atoms in total. The van der Waals surface area contributed by atoms with Crippen LogP contribution in [0.2, 0.25) is 0 Å². The lowest BCUT2D eigenvalue weighted by Crippen LogP contribution is -2.08. The zero-order valence-corrected chi connectivity index (χ0v) is 14.1. The second-order valence-electron chi connectivity index (χ2n) is 5.21. The molecule has 0 atom stereocenters. The Labute approximate surface area is 136 Å². The SMILES string of the molecule is COC(=O)c1cc(S(C)(=O)=O)c(/C=C/c2ccccc2)cc1C. The van der Waals surface area contributed by atoms with Gasteiger partial charge in [0.2, 0.25) is 0 Å². The summed E-state index contributed by atoms with van der Waals surface area (Å²) in [6.45, 7) is 1.75. The first-order valence-electron chi connectivity index (χ1n) is 6.99. The lowest BCUT2D eigenvalue weighted by atomic mass is 10.0. The van der Waals surface area contributed by atoms with E-state index in [1.165, 1.54) is 13.2 Å². The molecule has 0 N–H and O–H groups in total. The molecule has 2 aromatic rings. The molecular formula is C18H18O4S. The smallest absolute Gasteiger partial charge is 0.338 e. The van der Waals surface area contributed by atoms with E-state index in [1.54, 1.807) is 19.1 Å². The van der Waals surface area contributed by atoms with E-state index in [0.29, 0.717) is 11.1 Å². The normalized spacial score (nSPS) is 11.6. The van der Waals surface area contributed by atoms with E-state index in [0.717, 1.165) is 11.8 Å². The highest BCUT2D eigenvalue weighted by Crippen LogP contribution is 2.24. The fourth-order valence-corrected chi connectivity index (χ4v) is 3.13. The van der Waals surface area contributed by atoms with Crippen LogP contribution < -0.4 is 0 Å². The van der Waals surface area contributed by atoms with E-state index in [4.69, 9.17) is 4.74 Å². The van der Waals surface area contributed by atoms with Crippen LogP contribution in [0.25, 0.3) is 12.2 Å². The third kappa shape index (κ3) is 4.07. The second-order valence-corrected chi connectivity index (χ2v) is 7.20. The van der Waals surface area contributed by atoms with Crippen molar-refractivity contribution in [3.63, 3.8) is 0 Å². The molecule has 120 valence electrons. The fraction of sp³-hybridized carbons (Fsp3) is 0.167. The van der Waals surface area contributed by atoms with E-state index in [-0.39, 0.29) is 10.5 Å². The molecule has 0 heterocycles. The quantitative estimate of drug-likeness (QED) is 0.637. The minimum atomic E-state index is -3.48. The molecule has 0 spiro atoms. The number of hydrogen-bond donors (Lipinski definition) is 0. The number of esters is 1. The van der Waals surface area contributed by atoms with Crippen molar-refractivity contribution < 1.29 is 17.9 Å². The van der Waals surface area contributed by atoms with Crippen LogP contribution >= 0.6 is 0 Å². The summed E-state index contributed by atoms with van der Waals surface area (Å²) in [5.41, 5.74) is 2.42. The maximum absolute atomic E-state index is 12.1. The first-order valence-corrected chi connectivity index (χ1v) is 8.88. The van der Waals surface area contributed by atoms with Gasteiger partial charge in [-0.05, 0) is 35.7 Å². The predicted octanol–water partition coefficient (Wildman–Crippen LogP) is 3.36. The maximum Gasteiger partial charge on any atom is 0.338 e. The Kier molecular flexibility index (Phi) is 5.01. The Morgan fingerprint density at radius 3 is 2.30 bits per heavy atom. The molecule has 0 aliphatic carbocycles. The zero-order chi connectivity index (χ0) is 17.0. The average Bonchev–Trinajstić information content (AvgIpc) is 2.52. The number of benzene rings is 2. The molecule has 23 heavy (non-hydrogen) atoms. The first kappa shape index (κ1) is 17.0. The van der Waals surface area contributed by atoms with E-state index in [1.807, 2.05) is 36.4 Å². The molecule has 0 saturated heterocycles. The Morgan fingerprint density at radius 2 is 1.74 bits per heavy atom. The number of carbonyl (C=O) groups is 1. The Morgan fingerprint density at radius 1 is 1.09 bits per heavy atom. The standard InChI is InChI=1S/C18H18O4S/c1-13-11-15(10-9-14-7-5-4-6-8-14)17(23(3,20)21)12-16(13)18(19)22-2/h4-12H,1-3H3/b10-9+. The molecule has 0 fully saturated rings. The predicted molar refractivity (Wildman–Crippen MR) is 91.0 cm³/mol. The number of rotatable bonds is 4. The zero-order valence-electron chi connectivity index (χ0n) is 13.2. The summed E-state index contributed by atoms with van der Waals surface area (Å²) in [5.74, 6) is -0.550. The Hall–Kier alpha value is -2.40. The van der Waals surface area contributed by atoms with Crippen molar-refractivity contribution in [3.8, 4) is 0 Å². The van der Waals surface area contributed by atoms with Gasteiger partial charge in [0.05, 0.1) is 17.6 Å². The molecule has 5 heteroatoms. The highest BCUT2D eigenvalue weighted by Gasteiger charge is 2.18. The fourth-order valence-electron chi connectivity index (χ4n) is 2.24. The molecular weight excluding hydrogens is 312 g/mol. The summed E-state index contributed by atoms with van der Waals surface area (Å²) in [6.07, 6.45) is 4.69. The van der Waals surface area contributed by atoms with E-state index < -0.39 is 15.8 Å². The van der Waals surface area contributed by atoms with Gasteiger partial charge >= 0.3 is 5.97 Å². The highest BCUT2D eigenvalue weighted by molar-refractivity contribution is 7.90. The van der Waals surface area contributed by atoms with Gasteiger partial charge in [0.15, 0.2) is 9.84 Å². The van der Waals surface area contributed by atoms with Crippen LogP contribution in [0.1, 0.15) is 27.0 Å². The molecule has 0 aliphatic rings. The summed E-state index contributed by atoms with van der Waals surface area (Å²) < 4.78 is 28.8. The van der Waals surface area contributed by atoms with Crippen molar-refractivity contribution >= 4 is 28.0 Å². The van der Waals surface area contributed by atoms with Gasteiger partial charge in [0.1, 0.15) is 0 Å². The van der Waals surface area contributed by atoms with Crippen molar-refractivity contribution in [3.05, 3.63) is 64.7 Å². The molecule has 0 aromatic heterocycles.